The molecule has 0 bridgehead atoms. The van der Waals surface area contributed by atoms with Crippen LogP contribution in [0.3, 0.4) is 0 Å². The largest absolute Gasteiger partial charge is 0.491 e. The number of hydrogen-bond donors (Lipinski definition) is 1. The average molecular weight is 418 g/mol. The van der Waals surface area contributed by atoms with E-state index in [9.17, 15) is 4.79 Å². The lowest BCUT2D eigenvalue weighted by Gasteiger charge is -2.10. The van der Waals surface area contributed by atoms with Crippen LogP contribution >= 0.6 is 0 Å². The summed E-state index contributed by atoms with van der Waals surface area (Å²) in [7, 11) is 1.65. The first-order valence-electron chi connectivity index (χ1n) is 10.6. The number of methoxy groups -OCH3 is 1. The standard InChI is InChI=1S/C20H27N5O3.C2H6.H2/c1-14-23-24-20-17(7-5-4-6-10-21-15(2)26)22-18-13-16(28-12-11-27-3)8-9-19(18)25(14)20;1-2;/h8-9,13H,4-7,10-12H2,1-3H3,(H,21,26);1-2H3;1H. The molecule has 0 aliphatic heterocycles. The second kappa shape index (κ2) is 12.1. The van der Waals surface area contributed by atoms with E-state index in [1.165, 1.54) is 6.92 Å². The zero-order chi connectivity index (χ0) is 21.9. The number of carbonyl (C=O) groups excluding carboxylic acids is 1. The number of fused-ring (bicyclic) bond motifs is 3. The van der Waals surface area contributed by atoms with Crippen LogP contribution < -0.4 is 10.1 Å². The third kappa shape index (κ3) is 6.13. The number of benzene rings is 1. The molecule has 1 N–H and O–H groups in total. The Morgan fingerprint density at radius 3 is 2.70 bits per heavy atom. The number of rotatable bonds is 10. The van der Waals surface area contributed by atoms with E-state index in [-0.39, 0.29) is 7.33 Å². The minimum absolute atomic E-state index is 0. The summed E-state index contributed by atoms with van der Waals surface area (Å²) in [6.45, 7) is 9.23. The molecule has 3 aromatic rings. The molecule has 0 atom stereocenters. The Kier molecular flexibility index (Phi) is 9.47. The number of amides is 1. The molecule has 0 aliphatic carbocycles. The molecule has 8 heteroatoms. The quantitative estimate of drug-likeness (QED) is 0.506. The molecule has 0 aliphatic rings. The Balaban J connectivity index is 0.00000156. The summed E-state index contributed by atoms with van der Waals surface area (Å²) in [5.74, 6) is 1.62. The molecule has 0 fully saturated rings. The Labute approximate surface area is 179 Å². The second-order valence-corrected chi connectivity index (χ2v) is 6.75. The maximum absolute atomic E-state index is 10.9. The van der Waals surface area contributed by atoms with Gasteiger partial charge < -0.3 is 14.8 Å². The lowest BCUT2D eigenvalue weighted by molar-refractivity contribution is -0.118. The monoisotopic (exact) mass is 417 g/mol. The van der Waals surface area contributed by atoms with Crippen LogP contribution in [-0.4, -0.2) is 52.4 Å². The number of carbonyl (C=O) groups is 1. The van der Waals surface area contributed by atoms with Crippen LogP contribution in [0.4, 0.5) is 0 Å². The van der Waals surface area contributed by atoms with Gasteiger partial charge in [-0.2, -0.15) is 0 Å². The number of nitrogens with one attached hydrogen (secondary N) is 1. The van der Waals surface area contributed by atoms with Crippen LogP contribution in [0.1, 0.15) is 53.0 Å². The van der Waals surface area contributed by atoms with Gasteiger partial charge in [0, 0.05) is 28.1 Å². The Hall–Kier alpha value is -2.74. The fourth-order valence-electron chi connectivity index (χ4n) is 3.17. The zero-order valence-corrected chi connectivity index (χ0v) is 18.7. The van der Waals surface area contributed by atoms with E-state index >= 15 is 0 Å². The van der Waals surface area contributed by atoms with Gasteiger partial charge in [-0.15, -0.1) is 10.2 Å². The minimum Gasteiger partial charge on any atom is -0.491 e. The van der Waals surface area contributed by atoms with Crippen molar-refractivity contribution in [3.8, 4) is 5.75 Å². The highest BCUT2D eigenvalue weighted by Gasteiger charge is 2.13. The number of nitrogens with zero attached hydrogens (tertiary/aromatic N) is 4. The maximum atomic E-state index is 10.9. The molecule has 2 heterocycles. The second-order valence-electron chi connectivity index (χ2n) is 6.75. The molecule has 3 rings (SSSR count). The highest BCUT2D eigenvalue weighted by atomic mass is 16.5. The van der Waals surface area contributed by atoms with Crippen LogP contribution in [0.2, 0.25) is 0 Å². The van der Waals surface area contributed by atoms with E-state index in [1.54, 1.807) is 7.11 Å². The summed E-state index contributed by atoms with van der Waals surface area (Å²) in [5, 5.41) is 11.4. The van der Waals surface area contributed by atoms with Crippen molar-refractivity contribution in [1.29, 1.82) is 0 Å². The molecule has 1 aromatic carbocycles. The summed E-state index contributed by atoms with van der Waals surface area (Å²) < 4.78 is 12.8. The van der Waals surface area contributed by atoms with Gasteiger partial charge in [0.25, 0.3) is 0 Å². The third-order valence-corrected chi connectivity index (χ3v) is 4.55. The molecule has 8 nitrogen and oxygen atoms in total. The van der Waals surface area contributed by atoms with Gasteiger partial charge in [-0.3, -0.25) is 9.20 Å². The van der Waals surface area contributed by atoms with Gasteiger partial charge in [0.1, 0.15) is 18.2 Å². The number of aromatic nitrogens is 4. The molecule has 0 saturated carbocycles. The Morgan fingerprint density at radius 2 is 1.97 bits per heavy atom. The van der Waals surface area contributed by atoms with E-state index in [1.807, 2.05) is 43.4 Å². The molecular weight excluding hydrogens is 382 g/mol. The van der Waals surface area contributed by atoms with Crippen LogP contribution in [0.15, 0.2) is 18.2 Å². The van der Waals surface area contributed by atoms with Gasteiger partial charge in [-0.25, -0.2) is 4.98 Å². The molecule has 0 radical (unpaired) electrons. The molecule has 0 spiro atoms. The average Bonchev–Trinajstić information content (AvgIpc) is 3.14. The van der Waals surface area contributed by atoms with E-state index in [4.69, 9.17) is 14.5 Å². The Bertz CT molecular complexity index is 961. The SMILES string of the molecule is CC.COCCOc1ccc2c(c1)nc(CCCCCNC(C)=O)c1nnc(C)n12.[HH]. The van der Waals surface area contributed by atoms with Crippen molar-refractivity contribution in [2.75, 3.05) is 26.9 Å². The van der Waals surface area contributed by atoms with Gasteiger partial charge in [0.05, 0.1) is 23.3 Å². The molecule has 30 heavy (non-hydrogen) atoms. The lowest BCUT2D eigenvalue weighted by atomic mass is 10.1. The van der Waals surface area contributed by atoms with Crippen molar-refractivity contribution >= 4 is 22.6 Å². The van der Waals surface area contributed by atoms with Crippen molar-refractivity contribution in [3.05, 3.63) is 29.7 Å². The van der Waals surface area contributed by atoms with Crippen molar-refractivity contribution in [3.63, 3.8) is 0 Å². The number of hydrogen-bond acceptors (Lipinski definition) is 6. The first-order chi connectivity index (χ1) is 14.6. The van der Waals surface area contributed by atoms with Gasteiger partial charge in [-0.05, 0) is 38.3 Å². The summed E-state index contributed by atoms with van der Waals surface area (Å²) in [4.78, 5) is 15.8. The van der Waals surface area contributed by atoms with Crippen molar-refractivity contribution in [2.24, 2.45) is 0 Å². The first kappa shape index (κ1) is 23.5. The summed E-state index contributed by atoms with van der Waals surface area (Å²) in [6, 6.07) is 5.87. The summed E-state index contributed by atoms with van der Waals surface area (Å²) >= 11 is 0. The van der Waals surface area contributed by atoms with Crippen molar-refractivity contribution in [1.82, 2.24) is 24.9 Å². The molecule has 0 unspecified atom stereocenters. The molecule has 0 saturated heterocycles. The maximum Gasteiger partial charge on any atom is 0.216 e. The highest BCUT2D eigenvalue weighted by molar-refractivity contribution is 5.80. The Morgan fingerprint density at radius 1 is 1.17 bits per heavy atom. The predicted molar refractivity (Wildman–Crippen MR) is 120 cm³/mol. The summed E-state index contributed by atoms with van der Waals surface area (Å²) in [6.07, 6.45) is 3.75. The molecular formula is C22H35N5O3. The normalized spacial score (nSPS) is 10.7. The highest BCUT2D eigenvalue weighted by Crippen LogP contribution is 2.24. The van der Waals surface area contributed by atoms with E-state index < -0.39 is 0 Å². The topological polar surface area (TPSA) is 90.6 Å². The van der Waals surface area contributed by atoms with E-state index in [0.29, 0.717) is 19.8 Å². The van der Waals surface area contributed by atoms with E-state index in [0.717, 1.165) is 59.6 Å². The molecule has 2 aromatic heterocycles. The van der Waals surface area contributed by atoms with Crippen LogP contribution in [-0.2, 0) is 16.0 Å². The first-order valence-corrected chi connectivity index (χ1v) is 10.6. The zero-order valence-electron chi connectivity index (χ0n) is 18.7. The predicted octanol–water partition coefficient (Wildman–Crippen LogP) is 3.73. The number of unbranched alkanes of at least 4 members (excludes halogenated alkanes) is 2. The van der Waals surface area contributed by atoms with Crippen molar-refractivity contribution < 1.29 is 15.7 Å². The fraction of sp³-hybridized carbons (Fsp3) is 0.545. The molecule has 1 amide bonds. The van der Waals surface area contributed by atoms with E-state index in [2.05, 4.69) is 15.5 Å². The van der Waals surface area contributed by atoms with Crippen LogP contribution in [0.25, 0.3) is 16.7 Å². The third-order valence-electron chi connectivity index (χ3n) is 4.55. The number of ether oxygens (including phenoxy) is 2. The van der Waals surface area contributed by atoms with Gasteiger partial charge in [-0.1, -0.05) is 20.3 Å². The molecule has 166 valence electrons. The van der Waals surface area contributed by atoms with Gasteiger partial charge >= 0.3 is 0 Å². The lowest BCUT2D eigenvalue weighted by Crippen LogP contribution is -2.20. The smallest absolute Gasteiger partial charge is 0.216 e. The number of aryl methyl sites for hydroxylation is 2. The van der Waals surface area contributed by atoms with Crippen LogP contribution in [0.5, 0.6) is 5.75 Å². The van der Waals surface area contributed by atoms with Crippen LogP contribution in [0, 0.1) is 6.92 Å². The van der Waals surface area contributed by atoms with Crippen molar-refractivity contribution in [2.45, 2.75) is 53.4 Å². The van der Waals surface area contributed by atoms with Gasteiger partial charge in [0.15, 0.2) is 5.65 Å². The van der Waals surface area contributed by atoms with Gasteiger partial charge in [0.2, 0.25) is 5.91 Å². The minimum atomic E-state index is 0. The fourth-order valence-corrected chi connectivity index (χ4v) is 3.17. The summed E-state index contributed by atoms with van der Waals surface area (Å²) in [5.41, 5.74) is 3.56.